The van der Waals surface area contributed by atoms with Crippen LogP contribution in [0.5, 0.6) is 0 Å². The number of amides is 2. The number of nitrogens with zero attached hydrogens (tertiary/aromatic N) is 4. The van der Waals surface area contributed by atoms with Crippen molar-refractivity contribution in [2.45, 2.75) is 34.1 Å². The standard InChI is InChI=1S/C35H30Cl4N6O4/c1-18-13-22(5-9-28(18)40-34(48)32(20(3)46)44-42-30-11-7-24(36)16-26(30)38)15-23-6-10-29(19(2)14-23)41-35(49)33(21(4)47)45-43-31-12-8-25(37)17-27(31)39/h5-14,16-17,46-47H,15H2,1-4H3,(H,40,48)(H,41,49)/b32-20+,33-21+,44-42?,45-43?. The number of hydrogen-bond donors (Lipinski definition) is 4. The molecule has 0 heterocycles. The Labute approximate surface area is 302 Å². The zero-order chi connectivity index (χ0) is 35.8. The highest BCUT2D eigenvalue weighted by atomic mass is 35.5. The lowest BCUT2D eigenvalue weighted by Crippen LogP contribution is -2.15. The third kappa shape index (κ3) is 10.1. The average molecular weight is 740 g/mol. The van der Waals surface area contributed by atoms with Gasteiger partial charge in [-0.2, -0.15) is 0 Å². The summed E-state index contributed by atoms with van der Waals surface area (Å²) in [7, 11) is 0. The van der Waals surface area contributed by atoms with E-state index in [2.05, 4.69) is 31.1 Å². The molecule has 0 spiro atoms. The minimum absolute atomic E-state index is 0.246. The molecule has 0 aliphatic carbocycles. The molecule has 0 aliphatic rings. The number of nitrogens with one attached hydrogen (secondary N) is 2. The summed E-state index contributed by atoms with van der Waals surface area (Å²) in [6.07, 6.45) is 0.568. The summed E-state index contributed by atoms with van der Waals surface area (Å²) >= 11 is 24.1. The highest BCUT2D eigenvalue weighted by Crippen LogP contribution is 2.30. The fraction of sp³-hybridized carbons (Fsp3) is 0.143. The Morgan fingerprint density at radius 1 is 0.612 bits per heavy atom. The summed E-state index contributed by atoms with van der Waals surface area (Å²) in [5.74, 6) is -1.94. The van der Waals surface area contributed by atoms with Crippen molar-refractivity contribution in [3.8, 4) is 0 Å². The molecule has 4 aromatic rings. The Morgan fingerprint density at radius 2 is 1.00 bits per heavy atom. The summed E-state index contributed by atoms with van der Waals surface area (Å²) in [6, 6.07) is 20.4. The molecule has 2 amide bonds. The van der Waals surface area contributed by atoms with Crippen molar-refractivity contribution < 1.29 is 19.8 Å². The Balaban J connectivity index is 1.42. The van der Waals surface area contributed by atoms with Crippen LogP contribution in [-0.2, 0) is 16.0 Å². The number of azo groups is 2. The molecule has 252 valence electrons. The van der Waals surface area contributed by atoms with Crippen LogP contribution in [0.15, 0.2) is 116 Å². The molecule has 4 aromatic carbocycles. The lowest BCUT2D eigenvalue weighted by atomic mass is 10.00. The molecule has 49 heavy (non-hydrogen) atoms. The molecule has 0 atom stereocenters. The number of rotatable bonds is 10. The molecule has 0 fully saturated rings. The third-order valence-electron chi connectivity index (χ3n) is 6.94. The van der Waals surface area contributed by atoms with Crippen LogP contribution in [0.25, 0.3) is 0 Å². The second-order valence-corrected chi connectivity index (χ2v) is 12.5. The molecule has 4 N–H and O–H groups in total. The molecule has 0 saturated heterocycles. The first-order valence-corrected chi connectivity index (χ1v) is 16.1. The van der Waals surface area contributed by atoms with Gasteiger partial charge in [0, 0.05) is 21.4 Å². The molecule has 0 radical (unpaired) electrons. The van der Waals surface area contributed by atoms with E-state index >= 15 is 0 Å². The quantitative estimate of drug-likeness (QED) is 0.0727. The van der Waals surface area contributed by atoms with Gasteiger partial charge in [-0.05, 0) is 105 Å². The number of halogens is 4. The maximum absolute atomic E-state index is 13.0. The summed E-state index contributed by atoms with van der Waals surface area (Å²) in [6.45, 7) is 6.36. The summed E-state index contributed by atoms with van der Waals surface area (Å²) in [5, 5.41) is 42.9. The van der Waals surface area contributed by atoms with E-state index in [1.165, 1.54) is 26.0 Å². The van der Waals surface area contributed by atoms with Crippen LogP contribution in [0.3, 0.4) is 0 Å². The molecule has 0 aliphatic heterocycles. The SMILES string of the molecule is C/C(O)=C(\N=Nc1ccc(Cl)cc1Cl)C(=O)Nc1ccc(Cc2ccc(NC(=O)/C(N=Nc3ccc(Cl)cc3Cl)=C(/C)O)c(C)c2)cc1C. The van der Waals surface area contributed by atoms with Gasteiger partial charge in [0.25, 0.3) is 11.8 Å². The smallest absolute Gasteiger partial charge is 0.279 e. The zero-order valence-corrected chi connectivity index (χ0v) is 29.7. The van der Waals surface area contributed by atoms with Gasteiger partial charge in [-0.1, -0.05) is 70.7 Å². The fourth-order valence-electron chi connectivity index (χ4n) is 4.45. The maximum Gasteiger partial charge on any atom is 0.279 e. The van der Waals surface area contributed by atoms with E-state index in [1.54, 1.807) is 36.4 Å². The first-order chi connectivity index (χ1) is 23.2. The molecule has 0 aromatic heterocycles. The van der Waals surface area contributed by atoms with Crippen molar-refractivity contribution in [1.29, 1.82) is 0 Å². The largest absolute Gasteiger partial charge is 0.510 e. The number of anilines is 2. The Morgan fingerprint density at radius 3 is 1.33 bits per heavy atom. The van der Waals surface area contributed by atoms with Crippen LogP contribution in [0.4, 0.5) is 22.7 Å². The van der Waals surface area contributed by atoms with Crippen LogP contribution in [0, 0.1) is 13.8 Å². The van der Waals surface area contributed by atoms with Crippen LogP contribution in [-0.4, -0.2) is 22.0 Å². The number of benzene rings is 4. The molecule has 4 rings (SSSR count). The Bertz CT molecular complexity index is 1910. The van der Waals surface area contributed by atoms with Gasteiger partial charge in [-0.25, -0.2) is 0 Å². The van der Waals surface area contributed by atoms with Crippen molar-refractivity contribution in [3.05, 3.63) is 138 Å². The Kier molecular flexibility index (Phi) is 12.5. The first kappa shape index (κ1) is 37.1. The van der Waals surface area contributed by atoms with E-state index in [4.69, 9.17) is 46.4 Å². The number of aliphatic hydroxyl groups excluding tert-OH is 2. The highest BCUT2D eigenvalue weighted by Gasteiger charge is 2.17. The van der Waals surface area contributed by atoms with Gasteiger partial charge in [-0.15, -0.1) is 20.5 Å². The topological polar surface area (TPSA) is 148 Å². The van der Waals surface area contributed by atoms with Crippen molar-refractivity contribution in [3.63, 3.8) is 0 Å². The minimum Gasteiger partial charge on any atom is -0.510 e. The van der Waals surface area contributed by atoms with E-state index in [0.717, 1.165) is 22.3 Å². The van der Waals surface area contributed by atoms with Gasteiger partial charge < -0.3 is 20.8 Å². The number of aliphatic hydroxyl groups is 2. The van der Waals surface area contributed by atoms with Crippen molar-refractivity contribution in [1.82, 2.24) is 0 Å². The predicted octanol–water partition coefficient (Wildman–Crippen LogP) is 11.5. The minimum atomic E-state index is -0.650. The number of carbonyl (C=O) groups is 2. The van der Waals surface area contributed by atoms with Crippen LogP contribution < -0.4 is 10.6 Å². The number of aryl methyl sites for hydroxylation is 2. The number of hydrogen-bond acceptors (Lipinski definition) is 8. The van der Waals surface area contributed by atoms with Gasteiger partial charge in [0.2, 0.25) is 0 Å². The van der Waals surface area contributed by atoms with Gasteiger partial charge >= 0.3 is 0 Å². The van der Waals surface area contributed by atoms with E-state index < -0.39 is 11.8 Å². The molecule has 0 saturated carbocycles. The van der Waals surface area contributed by atoms with E-state index in [9.17, 15) is 19.8 Å². The van der Waals surface area contributed by atoms with E-state index in [0.29, 0.717) is 27.8 Å². The maximum atomic E-state index is 13.0. The average Bonchev–Trinajstić information content (AvgIpc) is 3.01. The van der Waals surface area contributed by atoms with Gasteiger partial charge in [0.1, 0.15) is 22.9 Å². The summed E-state index contributed by atoms with van der Waals surface area (Å²) < 4.78 is 0. The van der Waals surface area contributed by atoms with Crippen molar-refractivity contribution >= 4 is 81.0 Å². The molecule has 0 unspecified atom stereocenters. The second-order valence-electron chi connectivity index (χ2n) is 10.8. The molecular formula is C35H30Cl4N6O4. The third-order valence-corrected chi connectivity index (χ3v) is 8.01. The van der Waals surface area contributed by atoms with Crippen molar-refractivity contribution in [2.24, 2.45) is 20.5 Å². The highest BCUT2D eigenvalue weighted by molar-refractivity contribution is 6.36. The summed E-state index contributed by atoms with van der Waals surface area (Å²) in [4.78, 5) is 26.0. The number of carbonyl (C=O) groups excluding carboxylic acids is 2. The molecule has 10 nitrogen and oxygen atoms in total. The summed E-state index contributed by atoms with van der Waals surface area (Å²) in [5.41, 5.74) is 4.59. The van der Waals surface area contributed by atoms with Crippen molar-refractivity contribution in [2.75, 3.05) is 10.6 Å². The van der Waals surface area contributed by atoms with Gasteiger partial charge in [-0.3, -0.25) is 9.59 Å². The number of allylic oxidation sites excluding steroid dienone is 2. The van der Waals surface area contributed by atoms with E-state index in [1.807, 2.05) is 38.1 Å². The van der Waals surface area contributed by atoms with Crippen LogP contribution >= 0.6 is 46.4 Å². The monoisotopic (exact) mass is 738 g/mol. The van der Waals surface area contributed by atoms with Gasteiger partial charge in [0.05, 0.1) is 10.0 Å². The Hall–Kier alpha value is -4.74. The predicted molar refractivity (Wildman–Crippen MR) is 195 cm³/mol. The lowest BCUT2D eigenvalue weighted by molar-refractivity contribution is -0.113. The lowest BCUT2D eigenvalue weighted by Gasteiger charge is -2.13. The first-order valence-electron chi connectivity index (χ1n) is 14.6. The molecule has 0 bridgehead atoms. The fourth-order valence-corrected chi connectivity index (χ4v) is 5.34. The van der Waals surface area contributed by atoms with Gasteiger partial charge in [0.15, 0.2) is 11.4 Å². The van der Waals surface area contributed by atoms with E-state index in [-0.39, 0.29) is 44.3 Å². The van der Waals surface area contributed by atoms with Crippen LogP contribution in [0.2, 0.25) is 20.1 Å². The zero-order valence-electron chi connectivity index (χ0n) is 26.6. The molecular weight excluding hydrogens is 710 g/mol. The second kappa shape index (κ2) is 16.6. The van der Waals surface area contributed by atoms with Crippen LogP contribution in [0.1, 0.15) is 36.1 Å². The molecule has 14 heteroatoms. The normalized spacial score (nSPS) is 12.6.